The van der Waals surface area contributed by atoms with E-state index in [1.807, 2.05) is 85.9 Å². The summed E-state index contributed by atoms with van der Waals surface area (Å²) < 4.78 is 161. The Balaban J connectivity index is 0.000000145. The number of hydrogen-bond acceptors (Lipinski definition) is 17. The topological polar surface area (TPSA) is 99.6 Å². The van der Waals surface area contributed by atoms with E-state index in [-0.39, 0.29) is 12.5 Å². The summed E-state index contributed by atoms with van der Waals surface area (Å²) in [7, 11) is 6.23. The van der Waals surface area contributed by atoms with Gasteiger partial charge in [-0.2, -0.15) is 52.7 Å². The van der Waals surface area contributed by atoms with Crippen LogP contribution in [0.1, 0.15) is 170 Å². The first-order valence-corrected chi connectivity index (χ1v) is 52.8. The number of amides is 1. The lowest BCUT2D eigenvalue weighted by Crippen LogP contribution is -2.37. The molecule has 0 radical (unpaired) electrons. The van der Waals surface area contributed by atoms with Crippen molar-refractivity contribution in [3.8, 4) is 0 Å². The summed E-state index contributed by atoms with van der Waals surface area (Å²) in [6.07, 6.45) is 9.39. The number of nitrogens with zero attached hydrogens (tertiary/aromatic N) is 10. The molecule has 17 rings (SSSR count). The number of para-hydroxylation sites is 4. The molecular weight excluding hydrogens is 1830 g/mol. The molecule has 9 aliphatic rings. The van der Waals surface area contributed by atoms with E-state index < -0.39 is 47.0 Å². The van der Waals surface area contributed by atoms with Crippen molar-refractivity contribution >= 4 is 98.5 Å². The first-order chi connectivity index (χ1) is 65.6. The Labute approximate surface area is 815 Å². The number of nitrogens with one attached hydrogen (secondary N) is 2. The van der Waals surface area contributed by atoms with E-state index in [9.17, 15) is 57.5 Å². The smallest absolute Gasteiger partial charge is 0.355 e. The standard InChI is InChI=1S/C29H38F3N3S.C26H33F3N4OS.C26H34F3N3S.C25H32F3N3S/c30-29(31,32)24-11-12-28-26(22-24)35(25-9-2-3-10-27(25)36-28)19-6-8-23-13-20-34(21-14-23)18-7-17-33-15-4-1-5-16-33;27-26(28,29)20-8-9-24-22(17-20)33(21-6-1-2-7-23(21)35-24)14-3-5-19-10-15-32(16-11-19)13-4-12-31-25(34)18-30;1-30(2)14-6-15-31-17-12-20(13-18-31)7-5-16-32-22-8-3-4-9-24(22)33-25-11-10-21(19-23(25)32)26(27,28)29;1-29-13-5-14-30-16-11-19(12-17-30)6-4-15-31-21-7-2-3-8-23(21)32-24-10-9-20(18-22(24)31)25(26,27)28/h2-3,9-12,22-23H,1,4-8,13-21H2;1-2,6-9,17,19H,3-5,10-16,18,30H2,(H,31,34);3-4,8-11,19-20H,5-7,12-18H2,1-2H3;2-3,7-10,18-19,29H,4-6,11-17H2,1H3. The number of alkyl halides is 12. The van der Waals surface area contributed by atoms with Crippen LogP contribution in [0.2, 0.25) is 0 Å². The van der Waals surface area contributed by atoms with Crippen molar-refractivity contribution in [3.05, 3.63) is 192 Å². The summed E-state index contributed by atoms with van der Waals surface area (Å²) >= 11 is 6.21. The van der Waals surface area contributed by atoms with Crippen molar-refractivity contribution in [2.75, 3.05) is 191 Å². The van der Waals surface area contributed by atoms with Crippen LogP contribution in [-0.4, -0.2) is 207 Å². The van der Waals surface area contributed by atoms with Crippen LogP contribution >= 0.6 is 47.0 Å². The maximum Gasteiger partial charge on any atom is 0.416 e. The summed E-state index contributed by atoms with van der Waals surface area (Å²) in [4.78, 5) is 42.6. The van der Waals surface area contributed by atoms with Crippen molar-refractivity contribution in [1.82, 2.24) is 40.0 Å². The fourth-order valence-electron chi connectivity index (χ4n) is 20.5. The average Bonchev–Trinajstić information content (AvgIpc) is 0.777. The van der Waals surface area contributed by atoms with Gasteiger partial charge in [0.25, 0.3) is 0 Å². The minimum Gasteiger partial charge on any atom is -0.355 e. The average molecular weight is 1970 g/mol. The van der Waals surface area contributed by atoms with Gasteiger partial charge in [-0.05, 0) is 419 Å². The normalized spacial score (nSPS) is 17.8. The summed E-state index contributed by atoms with van der Waals surface area (Å²) in [6, 6.07) is 48.6. The predicted molar refractivity (Wildman–Crippen MR) is 533 cm³/mol. The largest absolute Gasteiger partial charge is 0.416 e. The summed E-state index contributed by atoms with van der Waals surface area (Å²) in [6.45, 7) is 23.3. The van der Waals surface area contributed by atoms with Crippen LogP contribution in [0.25, 0.3) is 0 Å². The van der Waals surface area contributed by atoms with Gasteiger partial charge >= 0.3 is 24.7 Å². The second-order valence-corrected chi connectivity index (χ2v) is 42.4. The highest BCUT2D eigenvalue weighted by atomic mass is 32.2. The van der Waals surface area contributed by atoms with E-state index in [0.717, 1.165) is 210 Å². The van der Waals surface area contributed by atoms with Crippen LogP contribution in [0.5, 0.6) is 0 Å². The molecule has 8 aromatic carbocycles. The number of nitrogens with two attached hydrogens (primary N) is 1. The van der Waals surface area contributed by atoms with Gasteiger partial charge in [-0.15, -0.1) is 0 Å². The molecule has 0 aliphatic carbocycles. The third-order valence-corrected chi connectivity index (χ3v) is 32.7. The maximum atomic E-state index is 13.4. The summed E-state index contributed by atoms with van der Waals surface area (Å²) in [5.41, 5.74) is 9.74. The Morgan fingerprint density at radius 2 is 0.581 bits per heavy atom. The zero-order valence-electron chi connectivity index (χ0n) is 79.1. The van der Waals surface area contributed by atoms with Crippen molar-refractivity contribution < 1.29 is 57.5 Å². The fourth-order valence-corrected chi connectivity index (χ4v) is 24.8. The van der Waals surface area contributed by atoms with Crippen molar-refractivity contribution in [1.29, 1.82) is 0 Å². The molecule has 740 valence electrons. The molecule has 5 saturated heterocycles. The summed E-state index contributed by atoms with van der Waals surface area (Å²) in [5, 5.41) is 6.01. The molecule has 0 aromatic heterocycles. The van der Waals surface area contributed by atoms with Crippen molar-refractivity contribution in [2.24, 2.45) is 29.4 Å². The quantitative estimate of drug-likeness (QED) is 0.0269. The van der Waals surface area contributed by atoms with Crippen LogP contribution in [0.15, 0.2) is 209 Å². The molecule has 9 aliphatic heterocycles. The third-order valence-electron chi connectivity index (χ3n) is 28.2. The minimum absolute atomic E-state index is 0.0301. The van der Waals surface area contributed by atoms with Gasteiger partial charge in [0.05, 0.1) is 74.3 Å². The third kappa shape index (κ3) is 29.9. The number of carbonyl (C=O) groups is 1. The second-order valence-electron chi connectivity index (χ2n) is 38.1. The van der Waals surface area contributed by atoms with Gasteiger partial charge in [0, 0.05) is 71.9 Å². The van der Waals surface area contributed by atoms with Gasteiger partial charge in [-0.3, -0.25) is 4.79 Å². The Hall–Kier alpha value is -7.33. The Morgan fingerprint density at radius 3 is 0.853 bits per heavy atom. The molecule has 5 fully saturated rings. The monoisotopic (exact) mass is 1960 g/mol. The number of hydrogen-bond donors (Lipinski definition) is 3. The number of benzene rings is 8. The molecule has 30 heteroatoms. The number of fused-ring (bicyclic) bond motifs is 8. The molecule has 14 nitrogen and oxygen atoms in total. The molecule has 0 atom stereocenters. The highest BCUT2D eigenvalue weighted by Crippen LogP contribution is 2.55. The van der Waals surface area contributed by atoms with E-state index >= 15 is 0 Å². The molecule has 9 heterocycles. The Morgan fingerprint density at radius 1 is 0.324 bits per heavy atom. The van der Waals surface area contributed by atoms with Gasteiger partial charge in [-0.1, -0.05) is 102 Å². The SMILES string of the molecule is CN(C)CCCN1CCC(CCCN2c3ccccc3Sc3ccc(C(F)(F)F)cc32)CC1.CNCCCN1CCC(CCCN2c3ccccc3Sc3ccc(C(F)(F)F)cc32)CC1.FC(F)(F)c1ccc2c(c1)N(CCCC1CCN(CCCN3CCCCC3)CC1)c1ccccc1S2.NCC(=O)NCCCN1CCC(CCCN2c3ccccc3Sc3ccc(C(F)(F)F)cc32)CC1. The molecule has 8 aromatic rings. The lowest BCUT2D eigenvalue weighted by atomic mass is 9.92. The molecule has 0 saturated carbocycles. The van der Waals surface area contributed by atoms with Crippen LogP contribution < -0.4 is 36.0 Å². The van der Waals surface area contributed by atoms with Crippen LogP contribution in [0, 0.1) is 23.7 Å². The van der Waals surface area contributed by atoms with E-state index in [2.05, 4.69) is 91.9 Å². The van der Waals surface area contributed by atoms with E-state index in [1.54, 1.807) is 59.6 Å². The lowest BCUT2D eigenvalue weighted by molar-refractivity contribution is -0.138. The first-order valence-electron chi connectivity index (χ1n) is 49.5. The number of piperidine rings is 5. The number of likely N-dealkylation sites (tertiary alicyclic amines) is 5. The zero-order valence-corrected chi connectivity index (χ0v) is 82.4. The number of carbonyl (C=O) groups excluding carboxylic acids is 1. The lowest BCUT2D eigenvalue weighted by Gasteiger charge is -2.35. The maximum absolute atomic E-state index is 13.4. The van der Waals surface area contributed by atoms with E-state index in [0.29, 0.717) is 53.6 Å². The number of halogens is 12. The highest BCUT2D eigenvalue weighted by molar-refractivity contribution is 8.00. The Bertz CT molecular complexity index is 5060. The van der Waals surface area contributed by atoms with Gasteiger partial charge in [0.1, 0.15) is 0 Å². The molecule has 4 N–H and O–H groups in total. The number of rotatable bonds is 33. The van der Waals surface area contributed by atoms with Gasteiger partial charge < -0.3 is 65.4 Å². The van der Waals surface area contributed by atoms with Crippen molar-refractivity contribution in [2.45, 2.75) is 212 Å². The molecular formula is C106H137F12N13OS4. The molecule has 0 bridgehead atoms. The van der Waals surface area contributed by atoms with Gasteiger partial charge in [0.15, 0.2) is 0 Å². The second kappa shape index (κ2) is 50.4. The molecule has 1 amide bonds. The highest BCUT2D eigenvalue weighted by Gasteiger charge is 2.39. The minimum atomic E-state index is -4.35. The van der Waals surface area contributed by atoms with Crippen LogP contribution in [0.4, 0.5) is 98.2 Å². The van der Waals surface area contributed by atoms with Crippen molar-refractivity contribution in [3.63, 3.8) is 0 Å². The zero-order chi connectivity index (χ0) is 95.8. The van der Waals surface area contributed by atoms with Crippen LogP contribution in [0.3, 0.4) is 0 Å². The van der Waals surface area contributed by atoms with Gasteiger partial charge in [-0.25, -0.2) is 0 Å². The molecule has 0 spiro atoms. The summed E-state index contributed by atoms with van der Waals surface area (Å²) in [5.74, 6) is 2.67. The molecule has 136 heavy (non-hydrogen) atoms. The fraction of sp³-hybridized carbons (Fsp3) is 0.538. The van der Waals surface area contributed by atoms with E-state index in [4.69, 9.17) is 5.73 Å². The Kier molecular flexibility index (Phi) is 38.7. The first kappa shape index (κ1) is 104. The van der Waals surface area contributed by atoms with E-state index in [1.165, 1.54) is 196 Å². The predicted octanol–water partition coefficient (Wildman–Crippen LogP) is 26.1. The number of anilines is 8. The van der Waals surface area contributed by atoms with Gasteiger partial charge in [0.2, 0.25) is 5.91 Å². The molecule has 0 unspecified atom stereocenters. The van der Waals surface area contributed by atoms with Crippen LogP contribution in [-0.2, 0) is 29.5 Å².